The largest absolute Gasteiger partial charge is 0.490 e. The number of rotatable bonds is 3. The highest BCUT2D eigenvalue weighted by Crippen LogP contribution is 2.34. The summed E-state index contributed by atoms with van der Waals surface area (Å²) < 4.78 is 5.69. The zero-order chi connectivity index (χ0) is 14.7. The average molecular weight is 286 g/mol. The van der Waals surface area contributed by atoms with Gasteiger partial charge in [-0.1, -0.05) is 6.07 Å². The fourth-order valence-electron chi connectivity index (χ4n) is 2.90. The Morgan fingerprint density at radius 3 is 2.71 bits per heavy atom. The first-order chi connectivity index (χ1) is 10.3. The van der Waals surface area contributed by atoms with Crippen LogP contribution in [-0.2, 0) is 0 Å². The van der Waals surface area contributed by atoms with Gasteiger partial charge in [-0.05, 0) is 19.2 Å². The number of benzene rings is 1. The molecule has 5 nitrogen and oxygen atoms in total. The molecule has 112 valence electrons. The molecule has 0 aromatic heterocycles. The molecule has 2 heterocycles. The standard InChI is InChI=1S/C16H22N4O/c1-17-14-3-4-16-15(13-14)20(11-12-21-16)10-9-19-7-5-18(2)6-8-19/h3-4,13H,5-12H2,2H3. The molecule has 21 heavy (non-hydrogen) atoms. The van der Waals surface area contributed by atoms with Crippen LogP contribution in [0.15, 0.2) is 18.2 Å². The number of hydrogen-bond donors (Lipinski definition) is 0. The lowest BCUT2D eigenvalue weighted by molar-refractivity contribution is 0.156. The molecular formula is C16H22N4O. The highest BCUT2D eigenvalue weighted by molar-refractivity contribution is 5.67. The van der Waals surface area contributed by atoms with Crippen LogP contribution >= 0.6 is 0 Å². The molecule has 0 unspecified atom stereocenters. The highest BCUT2D eigenvalue weighted by Gasteiger charge is 2.20. The molecule has 0 bridgehead atoms. The summed E-state index contributed by atoms with van der Waals surface area (Å²) in [4.78, 5) is 10.8. The van der Waals surface area contributed by atoms with E-state index in [2.05, 4.69) is 26.6 Å². The molecular weight excluding hydrogens is 264 g/mol. The Morgan fingerprint density at radius 1 is 1.14 bits per heavy atom. The van der Waals surface area contributed by atoms with Gasteiger partial charge >= 0.3 is 0 Å². The van der Waals surface area contributed by atoms with Crippen molar-refractivity contribution in [2.24, 2.45) is 0 Å². The highest BCUT2D eigenvalue weighted by atomic mass is 16.5. The van der Waals surface area contributed by atoms with Gasteiger partial charge in [0.25, 0.3) is 0 Å². The summed E-state index contributed by atoms with van der Waals surface area (Å²) >= 11 is 0. The molecule has 3 rings (SSSR count). The van der Waals surface area contributed by atoms with Crippen LogP contribution in [0.4, 0.5) is 11.4 Å². The van der Waals surface area contributed by atoms with Gasteiger partial charge in [-0.15, -0.1) is 0 Å². The molecule has 0 radical (unpaired) electrons. The average Bonchev–Trinajstić information content (AvgIpc) is 2.54. The Labute approximate surface area is 126 Å². The Kier molecular flexibility index (Phi) is 4.28. The van der Waals surface area contributed by atoms with Crippen molar-refractivity contribution < 1.29 is 4.74 Å². The van der Waals surface area contributed by atoms with E-state index in [-0.39, 0.29) is 0 Å². The molecule has 0 spiro atoms. The molecule has 1 aromatic rings. The maximum absolute atomic E-state index is 7.16. The van der Waals surface area contributed by atoms with Crippen LogP contribution in [0.3, 0.4) is 0 Å². The number of nitrogens with zero attached hydrogens (tertiary/aromatic N) is 4. The SMILES string of the molecule is [C-]#[N+]c1ccc2c(c1)N(CCN1CCN(C)CC1)CCO2. The van der Waals surface area contributed by atoms with Crippen LogP contribution in [0.1, 0.15) is 0 Å². The van der Waals surface area contributed by atoms with Crippen molar-refractivity contribution in [3.8, 4) is 5.75 Å². The van der Waals surface area contributed by atoms with Gasteiger partial charge in [-0.2, -0.15) is 0 Å². The summed E-state index contributed by atoms with van der Waals surface area (Å²) in [5.41, 5.74) is 1.76. The zero-order valence-corrected chi connectivity index (χ0v) is 12.6. The summed E-state index contributed by atoms with van der Waals surface area (Å²) in [5.74, 6) is 0.909. The van der Waals surface area contributed by atoms with Crippen LogP contribution in [0.25, 0.3) is 4.85 Å². The van der Waals surface area contributed by atoms with Gasteiger partial charge in [0.05, 0.1) is 18.8 Å². The van der Waals surface area contributed by atoms with E-state index >= 15 is 0 Å². The van der Waals surface area contributed by atoms with E-state index in [1.807, 2.05) is 18.2 Å². The van der Waals surface area contributed by atoms with E-state index in [1.54, 1.807) is 0 Å². The lowest BCUT2D eigenvalue weighted by Crippen LogP contribution is -2.47. The van der Waals surface area contributed by atoms with Crippen molar-refractivity contribution in [2.45, 2.75) is 0 Å². The first kappa shape index (κ1) is 14.2. The first-order valence-electron chi connectivity index (χ1n) is 7.56. The zero-order valence-electron chi connectivity index (χ0n) is 12.6. The van der Waals surface area contributed by atoms with Gasteiger partial charge < -0.3 is 14.5 Å². The fraction of sp³-hybridized carbons (Fsp3) is 0.562. The molecule has 0 N–H and O–H groups in total. The molecule has 1 aromatic carbocycles. The molecule has 5 heteroatoms. The Bertz CT molecular complexity index is 532. The first-order valence-corrected chi connectivity index (χ1v) is 7.56. The molecule has 2 aliphatic rings. The predicted molar refractivity (Wildman–Crippen MR) is 84.3 cm³/mol. The second kappa shape index (κ2) is 6.33. The van der Waals surface area contributed by atoms with Crippen LogP contribution in [-0.4, -0.2) is 69.3 Å². The Balaban J connectivity index is 1.63. The van der Waals surface area contributed by atoms with Gasteiger partial charge in [0, 0.05) is 39.3 Å². The lowest BCUT2D eigenvalue weighted by atomic mass is 10.2. The van der Waals surface area contributed by atoms with Crippen LogP contribution in [0, 0.1) is 6.57 Å². The van der Waals surface area contributed by atoms with Gasteiger partial charge in [-0.25, -0.2) is 4.85 Å². The molecule has 1 fully saturated rings. The minimum atomic E-state index is 0.684. The molecule has 0 amide bonds. The minimum Gasteiger partial charge on any atom is -0.490 e. The summed E-state index contributed by atoms with van der Waals surface area (Å²) in [6, 6.07) is 5.70. The third kappa shape index (κ3) is 3.29. The van der Waals surface area contributed by atoms with E-state index in [1.165, 1.54) is 0 Å². The quantitative estimate of drug-likeness (QED) is 0.789. The second-order valence-corrected chi connectivity index (χ2v) is 5.74. The molecule has 2 aliphatic heterocycles. The smallest absolute Gasteiger partial charge is 0.189 e. The van der Waals surface area contributed by atoms with E-state index < -0.39 is 0 Å². The summed E-state index contributed by atoms with van der Waals surface area (Å²) in [7, 11) is 2.18. The van der Waals surface area contributed by atoms with E-state index in [9.17, 15) is 0 Å². The predicted octanol–water partition coefficient (Wildman–Crippen LogP) is 1.68. The van der Waals surface area contributed by atoms with Crippen molar-refractivity contribution in [1.82, 2.24) is 9.80 Å². The van der Waals surface area contributed by atoms with Crippen molar-refractivity contribution in [3.63, 3.8) is 0 Å². The van der Waals surface area contributed by atoms with Crippen molar-refractivity contribution >= 4 is 11.4 Å². The van der Waals surface area contributed by atoms with Crippen LogP contribution < -0.4 is 9.64 Å². The van der Waals surface area contributed by atoms with Gasteiger partial charge in [0.2, 0.25) is 0 Å². The Morgan fingerprint density at radius 2 is 1.95 bits per heavy atom. The van der Waals surface area contributed by atoms with Crippen molar-refractivity contribution in [3.05, 3.63) is 29.6 Å². The fourth-order valence-corrected chi connectivity index (χ4v) is 2.90. The topological polar surface area (TPSA) is 23.3 Å². The molecule has 0 atom stereocenters. The van der Waals surface area contributed by atoms with E-state index in [4.69, 9.17) is 11.3 Å². The normalized spacial score (nSPS) is 19.7. The van der Waals surface area contributed by atoms with Gasteiger partial charge in [0.15, 0.2) is 5.69 Å². The number of fused-ring (bicyclic) bond motifs is 1. The number of anilines is 1. The number of hydrogen-bond acceptors (Lipinski definition) is 4. The van der Waals surface area contributed by atoms with Crippen LogP contribution in [0.5, 0.6) is 5.75 Å². The monoisotopic (exact) mass is 286 g/mol. The maximum atomic E-state index is 7.16. The summed E-state index contributed by atoms with van der Waals surface area (Å²) in [6.07, 6.45) is 0. The van der Waals surface area contributed by atoms with E-state index in [0.29, 0.717) is 5.69 Å². The minimum absolute atomic E-state index is 0.684. The van der Waals surface area contributed by atoms with Crippen molar-refractivity contribution in [2.75, 3.05) is 64.4 Å². The van der Waals surface area contributed by atoms with Crippen LogP contribution in [0.2, 0.25) is 0 Å². The number of ether oxygens (including phenoxy) is 1. The lowest BCUT2D eigenvalue weighted by Gasteiger charge is -2.36. The third-order valence-electron chi connectivity index (χ3n) is 4.31. The molecule has 0 saturated carbocycles. The van der Waals surface area contributed by atoms with Gasteiger partial charge in [-0.3, -0.25) is 4.90 Å². The summed E-state index contributed by atoms with van der Waals surface area (Å²) in [5, 5.41) is 0. The van der Waals surface area contributed by atoms with Gasteiger partial charge in [0.1, 0.15) is 12.4 Å². The number of piperazine rings is 1. The maximum Gasteiger partial charge on any atom is 0.189 e. The van der Waals surface area contributed by atoms with E-state index in [0.717, 1.165) is 63.9 Å². The third-order valence-corrected chi connectivity index (χ3v) is 4.31. The molecule has 0 aliphatic carbocycles. The molecule has 1 saturated heterocycles. The number of likely N-dealkylation sites (N-methyl/N-ethyl adjacent to an activating group) is 1. The summed E-state index contributed by atoms with van der Waals surface area (Å²) in [6.45, 7) is 15.5. The Hall–Kier alpha value is -1.77. The second-order valence-electron chi connectivity index (χ2n) is 5.74. The van der Waals surface area contributed by atoms with Crippen molar-refractivity contribution in [1.29, 1.82) is 0 Å².